The molecule has 0 saturated carbocycles. The molecule has 0 aromatic heterocycles. The third-order valence-corrected chi connectivity index (χ3v) is 3.77. The Balaban J connectivity index is 3.12. The lowest BCUT2D eigenvalue weighted by Crippen LogP contribution is -2.57. The fourth-order valence-corrected chi connectivity index (χ4v) is 1.62. The van der Waals surface area contributed by atoms with Crippen LogP contribution in [0.15, 0.2) is 18.2 Å². The van der Waals surface area contributed by atoms with Gasteiger partial charge in [-0.25, -0.2) is 0 Å². The van der Waals surface area contributed by atoms with Gasteiger partial charge < -0.3 is 10.4 Å². The molecule has 0 heterocycles. The van der Waals surface area contributed by atoms with Crippen LogP contribution in [0.4, 0.5) is 5.69 Å². The molecule has 0 unspecified atom stereocenters. The van der Waals surface area contributed by atoms with E-state index in [1.807, 2.05) is 0 Å². The Morgan fingerprint density at radius 3 is 2.35 bits per heavy atom. The van der Waals surface area contributed by atoms with E-state index >= 15 is 0 Å². The highest BCUT2D eigenvalue weighted by molar-refractivity contribution is 6.35. The van der Waals surface area contributed by atoms with Gasteiger partial charge in [-0.1, -0.05) is 17.7 Å². The molecule has 6 nitrogen and oxygen atoms in total. The van der Waals surface area contributed by atoms with Crippen LogP contribution in [-0.4, -0.2) is 27.1 Å². The second kappa shape index (κ2) is 5.38. The molecule has 0 aliphatic heterocycles. The number of amides is 1. The standard InChI is InChI=1S/C13H17ClN2O4/c1-12(2,13(3,4)18)15-11(17)8-6-5-7-9(10(8)14)16(19)20/h5-7,18H,1-4H3,(H,15,17). The third-order valence-electron chi connectivity index (χ3n) is 3.38. The van der Waals surface area contributed by atoms with Crippen LogP contribution < -0.4 is 5.32 Å². The summed E-state index contributed by atoms with van der Waals surface area (Å²) in [6, 6.07) is 4.00. The van der Waals surface area contributed by atoms with Crippen LogP contribution in [0.5, 0.6) is 0 Å². The molecular weight excluding hydrogens is 284 g/mol. The van der Waals surface area contributed by atoms with E-state index < -0.39 is 22.0 Å². The summed E-state index contributed by atoms with van der Waals surface area (Å²) in [5.74, 6) is -0.578. The highest BCUT2D eigenvalue weighted by atomic mass is 35.5. The van der Waals surface area contributed by atoms with Gasteiger partial charge in [0.25, 0.3) is 11.6 Å². The normalized spacial score (nSPS) is 12.1. The molecular formula is C13H17ClN2O4. The summed E-state index contributed by atoms with van der Waals surface area (Å²) in [6.45, 7) is 6.41. The van der Waals surface area contributed by atoms with Crippen molar-refractivity contribution < 1.29 is 14.8 Å². The summed E-state index contributed by atoms with van der Waals surface area (Å²) in [6.07, 6.45) is 0. The zero-order valence-electron chi connectivity index (χ0n) is 11.7. The van der Waals surface area contributed by atoms with E-state index in [2.05, 4.69) is 5.32 Å². The Hall–Kier alpha value is -1.66. The first kappa shape index (κ1) is 16.4. The molecule has 0 radical (unpaired) electrons. The molecule has 0 aliphatic carbocycles. The maximum atomic E-state index is 12.2. The van der Waals surface area contributed by atoms with E-state index in [1.165, 1.54) is 18.2 Å². The minimum absolute atomic E-state index is 0.00167. The number of benzene rings is 1. The number of hydrogen-bond acceptors (Lipinski definition) is 4. The summed E-state index contributed by atoms with van der Waals surface area (Å²) in [5.41, 5.74) is -2.44. The number of nitro benzene ring substituents is 1. The lowest BCUT2D eigenvalue weighted by Gasteiger charge is -2.38. The Morgan fingerprint density at radius 1 is 1.35 bits per heavy atom. The molecule has 0 fully saturated rings. The Kier molecular flexibility index (Phi) is 4.41. The first-order valence-electron chi connectivity index (χ1n) is 5.95. The molecule has 0 aliphatic rings. The van der Waals surface area contributed by atoms with Gasteiger partial charge >= 0.3 is 0 Å². The third kappa shape index (κ3) is 3.26. The van der Waals surface area contributed by atoms with Crippen molar-refractivity contribution in [1.82, 2.24) is 5.32 Å². The van der Waals surface area contributed by atoms with Gasteiger partial charge in [0.2, 0.25) is 0 Å². The molecule has 20 heavy (non-hydrogen) atoms. The van der Waals surface area contributed by atoms with Gasteiger partial charge in [-0.05, 0) is 33.8 Å². The second-order valence-corrected chi connectivity index (χ2v) is 5.91. The van der Waals surface area contributed by atoms with Crippen molar-refractivity contribution in [3.8, 4) is 0 Å². The van der Waals surface area contributed by atoms with Crippen LogP contribution in [-0.2, 0) is 0 Å². The van der Waals surface area contributed by atoms with Gasteiger partial charge in [0.1, 0.15) is 5.02 Å². The van der Waals surface area contributed by atoms with Crippen molar-refractivity contribution in [2.24, 2.45) is 0 Å². The van der Waals surface area contributed by atoms with E-state index in [4.69, 9.17) is 11.6 Å². The molecule has 1 aromatic rings. The lowest BCUT2D eigenvalue weighted by molar-refractivity contribution is -0.384. The van der Waals surface area contributed by atoms with E-state index in [-0.39, 0.29) is 16.3 Å². The van der Waals surface area contributed by atoms with Crippen LogP contribution in [0, 0.1) is 10.1 Å². The molecule has 110 valence electrons. The Bertz CT molecular complexity index is 550. The maximum Gasteiger partial charge on any atom is 0.288 e. The van der Waals surface area contributed by atoms with E-state index in [0.29, 0.717) is 0 Å². The fourth-order valence-electron chi connectivity index (χ4n) is 1.34. The number of nitro groups is 1. The summed E-state index contributed by atoms with van der Waals surface area (Å²) in [7, 11) is 0. The van der Waals surface area contributed by atoms with Crippen LogP contribution in [0.1, 0.15) is 38.1 Å². The molecule has 1 amide bonds. The minimum atomic E-state index is -1.17. The van der Waals surface area contributed by atoms with Gasteiger partial charge in [0, 0.05) is 6.07 Å². The number of nitrogens with one attached hydrogen (secondary N) is 1. The van der Waals surface area contributed by atoms with Crippen LogP contribution >= 0.6 is 11.6 Å². The molecule has 0 atom stereocenters. The predicted octanol–water partition coefficient (Wildman–Crippen LogP) is 2.53. The summed E-state index contributed by atoms with van der Waals surface area (Å²) >= 11 is 5.88. The molecule has 0 bridgehead atoms. The van der Waals surface area contributed by atoms with E-state index in [9.17, 15) is 20.0 Å². The van der Waals surface area contributed by atoms with Crippen molar-refractivity contribution in [3.05, 3.63) is 38.9 Å². The number of carbonyl (C=O) groups is 1. The minimum Gasteiger partial charge on any atom is -0.388 e. The summed E-state index contributed by atoms with van der Waals surface area (Å²) < 4.78 is 0. The maximum absolute atomic E-state index is 12.2. The molecule has 1 rings (SSSR count). The molecule has 2 N–H and O–H groups in total. The SMILES string of the molecule is CC(C)(O)C(C)(C)NC(=O)c1cccc([N+](=O)[O-])c1Cl. The highest BCUT2D eigenvalue weighted by Crippen LogP contribution is 2.29. The monoisotopic (exact) mass is 300 g/mol. The summed E-state index contributed by atoms with van der Waals surface area (Å²) in [4.78, 5) is 22.3. The number of halogens is 1. The van der Waals surface area contributed by atoms with Crippen LogP contribution in [0.2, 0.25) is 5.02 Å². The molecule has 1 aromatic carbocycles. The number of aliphatic hydroxyl groups is 1. The van der Waals surface area contributed by atoms with Crippen molar-refractivity contribution in [2.75, 3.05) is 0 Å². The average Bonchev–Trinajstić information content (AvgIpc) is 2.26. The smallest absolute Gasteiger partial charge is 0.288 e. The van der Waals surface area contributed by atoms with Gasteiger partial charge in [-0.3, -0.25) is 14.9 Å². The number of carbonyl (C=O) groups excluding carboxylic acids is 1. The fraction of sp³-hybridized carbons (Fsp3) is 0.462. The average molecular weight is 301 g/mol. The van der Waals surface area contributed by atoms with Crippen molar-refractivity contribution in [2.45, 2.75) is 38.8 Å². The highest BCUT2D eigenvalue weighted by Gasteiger charge is 2.37. The Labute approximate surface area is 121 Å². The van der Waals surface area contributed by atoms with Crippen molar-refractivity contribution >= 4 is 23.2 Å². The molecule has 7 heteroatoms. The van der Waals surface area contributed by atoms with Gasteiger partial charge in [0.15, 0.2) is 0 Å². The van der Waals surface area contributed by atoms with Gasteiger partial charge in [-0.2, -0.15) is 0 Å². The van der Waals surface area contributed by atoms with Gasteiger partial charge in [0.05, 0.1) is 21.6 Å². The first-order chi connectivity index (χ1) is 8.97. The van der Waals surface area contributed by atoms with Crippen LogP contribution in [0.3, 0.4) is 0 Å². The summed E-state index contributed by atoms with van der Waals surface area (Å²) in [5, 5.41) is 23.2. The van der Waals surface area contributed by atoms with E-state index in [1.54, 1.807) is 27.7 Å². The number of nitrogens with zero attached hydrogens (tertiary/aromatic N) is 1. The molecule has 0 saturated heterocycles. The Morgan fingerprint density at radius 2 is 1.90 bits per heavy atom. The lowest BCUT2D eigenvalue weighted by atomic mass is 9.85. The predicted molar refractivity (Wildman–Crippen MR) is 75.9 cm³/mol. The molecule has 0 spiro atoms. The van der Waals surface area contributed by atoms with E-state index in [0.717, 1.165) is 0 Å². The topological polar surface area (TPSA) is 92.5 Å². The second-order valence-electron chi connectivity index (χ2n) is 5.53. The largest absolute Gasteiger partial charge is 0.388 e. The quantitative estimate of drug-likeness (QED) is 0.660. The zero-order valence-corrected chi connectivity index (χ0v) is 12.5. The first-order valence-corrected chi connectivity index (χ1v) is 6.33. The number of hydrogen-bond donors (Lipinski definition) is 2. The number of rotatable bonds is 4. The van der Waals surface area contributed by atoms with Crippen molar-refractivity contribution in [1.29, 1.82) is 0 Å². The zero-order chi connectivity index (χ0) is 15.7. The van der Waals surface area contributed by atoms with Crippen molar-refractivity contribution in [3.63, 3.8) is 0 Å². The van der Waals surface area contributed by atoms with Gasteiger partial charge in [-0.15, -0.1) is 0 Å². The van der Waals surface area contributed by atoms with Crippen LogP contribution in [0.25, 0.3) is 0 Å².